The smallest absolute Gasteiger partial charge is 0.338 e. The molecule has 0 spiro atoms. The minimum Gasteiger partial charge on any atom is -0.512 e. The molecule has 5 atom stereocenters. The van der Waals surface area contributed by atoms with E-state index in [1.54, 1.807) is 31.2 Å². The van der Waals surface area contributed by atoms with E-state index in [9.17, 15) is 25.2 Å². The number of hydrogen-bond acceptors (Lipinski definition) is 5. The summed E-state index contributed by atoms with van der Waals surface area (Å²) >= 11 is 13.6. The van der Waals surface area contributed by atoms with Gasteiger partial charge in [-0.3, -0.25) is 0 Å². The fourth-order valence-electron chi connectivity index (χ4n) is 4.20. The molecule has 1 aromatic heterocycles. The number of carboxylic acids is 1. The van der Waals surface area contributed by atoms with Gasteiger partial charge in [0.05, 0.1) is 20.5 Å². The van der Waals surface area contributed by atoms with Gasteiger partial charge in [-0.15, -0.1) is 11.3 Å². The minimum absolute atomic E-state index is 0.0214. The zero-order valence-corrected chi connectivity index (χ0v) is 18.8. The average Bonchev–Trinajstić information content (AvgIpc) is 3.29. The number of allylic oxidation sites excluding steroid dienone is 3. The topological polar surface area (TPSA) is 98.0 Å². The Bertz CT molecular complexity index is 775. The van der Waals surface area contributed by atoms with E-state index < -0.39 is 29.5 Å². The van der Waals surface area contributed by atoms with E-state index in [2.05, 4.69) is 0 Å². The second-order valence-corrected chi connectivity index (χ2v) is 9.77. The van der Waals surface area contributed by atoms with Crippen molar-refractivity contribution < 1.29 is 25.2 Å². The molecule has 0 amide bonds. The summed E-state index contributed by atoms with van der Waals surface area (Å²) < 4.78 is 1.11. The van der Waals surface area contributed by atoms with E-state index in [4.69, 9.17) is 23.2 Å². The zero-order chi connectivity index (χ0) is 21.8. The van der Waals surface area contributed by atoms with Gasteiger partial charge in [-0.1, -0.05) is 48.7 Å². The van der Waals surface area contributed by atoms with Crippen molar-refractivity contribution in [1.29, 1.82) is 0 Å². The number of aliphatic hydroxyl groups is 3. The van der Waals surface area contributed by atoms with Crippen molar-refractivity contribution in [3.8, 4) is 0 Å². The van der Waals surface area contributed by atoms with Crippen molar-refractivity contribution in [3.63, 3.8) is 0 Å². The maximum Gasteiger partial charge on any atom is 0.338 e. The maximum absolute atomic E-state index is 12.0. The fourth-order valence-corrected chi connectivity index (χ4v) is 5.79. The van der Waals surface area contributed by atoms with Crippen LogP contribution in [0.4, 0.5) is 0 Å². The van der Waals surface area contributed by atoms with Crippen LogP contribution in [0.2, 0.25) is 8.67 Å². The van der Waals surface area contributed by atoms with Crippen LogP contribution in [0.1, 0.15) is 57.4 Å². The number of halogens is 2. The van der Waals surface area contributed by atoms with E-state index in [1.807, 2.05) is 6.92 Å². The summed E-state index contributed by atoms with van der Waals surface area (Å²) in [5.41, 5.74) is -1.53. The molecule has 0 bridgehead atoms. The first-order chi connectivity index (χ1) is 13.7. The van der Waals surface area contributed by atoms with Crippen LogP contribution in [0.3, 0.4) is 0 Å². The van der Waals surface area contributed by atoms with Crippen LogP contribution in [0.5, 0.6) is 0 Å². The first-order valence-electron chi connectivity index (χ1n) is 9.77. The highest BCUT2D eigenvalue weighted by Gasteiger charge is 2.54. The molecule has 1 fully saturated rings. The summed E-state index contributed by atoms with van der Waals surface area (Å²) in [4.78, 5) is 12.0. The molecule has 4 N–H and O–H groups in total. The van der Waals surface area contributed by atoms with E-state index in [1.165, 1.54) is 11.3 Å². The molecule has 0 aliphatic heterocycles. The highest BCUT2D eigenvalue weighted by atomic mass is 35.5. The molecular weight excluding hydrogens is 435 g/mol. The zero-order valence-electron chi connectivity index (χ0n) is 16.5. The van der Waals surface area contributed by atoms with Crippen molar-refractivity contribution in [3.05, 3.63) is 44.3 Å². The summed E-state index contributed by atoms with van der Waals surface area (Å²) in [5, 5.41) is 42.1. The van der Waals surface area contributed by atoms with E-state index in [0.29, 0.717) is 34.4 Å². The minimum atomic E-state index is -2.34. The lowest BCUT2D eigenvalue weighted by molar-refractivity contribution is -0.184. The molecule has 1 aliphatic carbocycles. The lowest BCUT2D eigenvalue weighted by atomic mass is 9.74. The van der Waals surface area contributed by atoms with Gasteiger partial charge in [-0.05, 0) is 50.3 Å². The van der Waals surface area contributed by atoms with Crippen molar-refractivity contribution in [2.45, 2.75) is 63.6 Å². The van der Waals surface area contributed by atoms with Crippen LogP contribution in [-0.4, -0.2) is 38.1 Å². The van der Waals surface area contributed by atoms with Crippen LogP contribution in [0.25, 0.3) is 0 Å². The highest BCUT2D eigenvalue weighted by molar-refractivity contribution is 7.20. The third-order valence-electron chi connectivity index (χ3n) is 5.80. The van der Waals surface area contributed by atoms with Crippen LogP contribution in [0, 0.1) is 11.8 Å². The van der Waals surface area contributed by atoms with Crippen LogP contribution in [0.15, 0.2) is 30.1 Å². The predicted molar refractivity (Wildman–Crippen MR) is 117 cm³/mol. The van der Waals surface area contributed by atoms with Gasteiger partial charge in [0.2, 0.25) is 0 Å². The maximum atomic E-state index is 12.0. The predicted octanol–water partition coefficient (Wildman–Crippen LogP) is 5.55. The summed E-state index contributed by atoms with van der Waals surface area (Å²) in [7, 11) is 0. The van der Waals surface area contributed by atoms with Crippen LogP contribution >= 0.6 is 34.5 Å². The molecule has 29 heavy (non-hydrogen) atoms. The van der Waals surface area contributed by atoms with E-state index >= 15 is 0 Å². The van der Waals surface area contributed by atoms with Crippen molar-refractivity contribution in [2.75, 3.05) is 0 Å². The quantitative estimate of drug-likeness (QED) is 0.284. The van der Waals surface area contributed by atoms with E-state index in [0.717, 1.165) is 5.56 Å². The number of carbonyl (C=O) groups is 1. The first-order valence-corrected chi connectivity index (χ1v) is 11.3. The molecule has 0 saturated heterocycles. The standard InChI is InChI=1S/C21H28Cl2O5S/c1-3-5-9-17(25)21(28,20(26)27)15-8-6-7-13(15)16(24)10-12(4-2)14-11-18(22)29-19(14)23/h3,5,10-13,15,17,24-25,28H,4,6-9H2,1-2H3,(H,26,27)/b5-3-,16-10+/t12-,13-,15?,17-,21?/m1/s1. The summed E-state index contributed by atoms with van der Waals surface area (Å²) in [6, 6.07) is 1.77. The Labute approximate surface area is 185 Å². The Balaban J connectivity index is 2.35. The lowest BCUT2D eigenvalue weighted by Crippen LogP contribution is -2.56. The largest absolute Gasteiger partial charge is 0.512 e. The summed E-state index contributed by atoms with van der Waals surface area (Å²) in [6.07, 6.45) is 5.79. The van der Waals surface area contributed by atoms with Crippen molar-refractivity contribution >= 4 is 40.5 Å². The van der Waals surface area contributed by atoms with Crippen molar-refractivity contribution in [1.82, 2.24) is 0 Å². The Morgan fingerprint density at radius 3 is 2.59 bits per heavy atom. The molecule has 1 aromatic rings. The van der Waals surface area contributed by atoms with Gasteiger partial charge in [-0.2, -0.15) is 0 Å². The SMILES string of the molecule is C/C=C\C[C@@H](O)C(O)(C(=O)O)C1CCC[C@H]1/C(O)=C\[C@@H](CC)c1cc(Cl)sc1Cl. The van der Waals surface area contributed by atoms with Crippen LogP contribution < -0.4 is 0 Å². The first kappa shape index (κ1) is 24.2. The molecule has 2 unspecified atom stereocenters. The van der Waals surface area contributed by atoms with Gasteiger partial charge < -0.3 is 20.4 Å². The lowest BCUT2D eigenvalue weighted by Gasteiger charge is -2.37. The summed E-state index contributed by atoms with van der Waals surface area (Å²) in [5.74, 6) is -2.98. The second kappa shape index (κ2) is 10.3. The Morgan fingerprint density at radius 2 is 2.07 bits per heavy atom. The Morgan fingerprint density at radius 1 is 1.38 bits per heavy atom. The summed E-state index contributed by atoms with van der Waals surface area (Å²) in [6.45, 7) is 3.71. The number of aliphatic carboxylic acids is 1. The van der Waals surface area contributed by atoms with Gasteiger partial charge >= 0.3 is 5.97 Å². The third kappa shape index (κ3) is 5.17. The third-order valence-corrected chi connectivity index (χ3v) is 7.32. The molecule has 1 aliphatic rings. The molecule has 2 rings (SSSR count). The van der Waals surface area contributed by atoms with Gasteiger partial charge in [0, 0.05) is 17.8 Å². The molecule has 0 radical (unpaired) electrons. The van der Waals surface area contributed by atoms with Crippen LogP contribution in [-0.2, 0) is 4.79 Å². The van der Waals surface area contributed by atoms with Gasteiger partial charge in [0.25, 0.3) is 0 Å². The molecule has 1 heterocycles. The Kier molecular flexibility index (Phi) is 8.61. The number of carboxylic acid groups (broad SMARTS) is 1. The number of aliphatic hydroxyl groups excluding tert-OH is 2. The monoisotopic (exact) mass is 462 g/mol. The molecule has 1 saturated carbocycles. The molecular formula is C21H28Cl2O5S. The molecule has 162 valence electrons. The van der Waals surface area contributed by atoms with Crippen molar-refractivity contribution in [2.24, 2.45) is 11.8 Å². The molecule has 0 aromatic carbocycles. The van der Waals surface area contributed by atoms with Gasteiger partial charge in [0.15, 0.2) is 5.60 Å². The fraction of sp³-hybridized carbons (Fsp3) is 0.571. The number of thiophene rings is 1. The second-order valence-electron chi connectivity index (χ2n) is 7.48. The number of rotatable bonds is 9. The average molecular weight is 463 g/mol. The Hall–Kier alpha value is -1.05. The van der Waals surface area contributed by atoms with Gasteiger partial charge in [0.1, 0.15) is 0 Å². The highest BCUT2D eigenvalue weighted by Crippen LogP contribution is 2.46. The normalized spacial score (nSPS) is 24.6. The molecule has 5 nitrogen and oxygen atoms in total. The van der Waals surface area contributed by atoms with Gasteiger partial charge in [-0.25, -0.2) is 4.79 Å². The van der Waals surface area contributed by atoms with E-state index in [-0.39, 0.29) is 18.1 Å². The molecule has 8 heteroatoms. The number of hydrogen-bond donors (Lipinski definition) is 4.